The first kappa shape index (κ1) is 5.75. The highest BCUT2D eigenvalue weighted by Crippen LogP contribution is 2.02. The second-order valence-electron chi connectivity index (χ2n) is 0.432. The normalized spacial score (nSPS) is 12.2. The molecular formula is C2H2FIS. The molecule has 0 aliphatic carbocycles. The monoisotopic (exact) mass is 204 g/mol. The molecule has 5 heavy (non-hydrogen) atoms. The number of thiol groups is 1. The van der Waals surface area contributed by atoms with Crippen molar-refractivity contribution in [3.8, 4) is 0 Å². The van der Waals surface area contributed by atoms with Gasteiger partial charge in [-0.1, -0.05) is 0 Å². The molecule has 0 fully saturated rings. The van der Waals surface area contributed by atoms with Gasteiger partial charge in [0.05, 0.1) is 0 Å². The lowest BCUT2D eigenvalue weighted by molar-refractivity contribution is 0.705. The van der Waals surface area contributed by atoms with Gasteiger partial charge in [0.2, 0.25) is 0 Å². The lowest BCUT2D eigenvalue weighted by Crippen LogP contribution is -1.36. The minimum Gasteiger partial charge on any atom is -0.199 e. The van der Waals surface area contributed by atoms with Crippen LogP contribution < -0.4 is 0 Å². The maximum atomic E-state index is 11.1. The van der Waals surface area contributed by atoms with Crippen LogP contribution in [-0.4, -0.2) is 0 Å². The minimum absolute atomic E-state index is 0.439. The molecule has 0 unspecified atom stereocenters. The Morgan fingerprint density at radius 2 is 2.20 bits per heavy atom. The first-order valence-electron chi connectivity index (χ1n) is 0.919. The molecule has 0 amide bonds. The summed E-state index contributed by atoms with van der Waals surface area (Å²) in [4.78, 5) is 0. The topological polar surface area (TPSA) is 0 Å². The fourth-order valence-corrected chi connectivity index (χ4v) is 0. The van der Waals surface area contributed by atoms with Gasteiger partial charge in [0.15, 0.2) is 5.16 Å². The van der Waals surface area contributed by atoms with Crippen LogP contribution >= 0.6 is 35.2 Å². The van der Waals surface area contributed by atoms with Gasteiger partial charge >= 0.3 is 0 Å². The van der Waals surface area contributed by atoms with Crippen molar-refractivity contribution < 1.29 is 4.39 Å². The quantitative estimate of drug-likeness (QED) is 0.453. The first-order chi connectivity index (χ1) is 2.27. The molecule has 0 aromatic rings. The van der Waals surface area contributed by atoms with E-state index < -0.39 is 5.16 Å². The van der Waals surface area contributed by atoms with Gasteiger partial charge in [-0.25, -0.2) is 0 Å². The van der Waals surface area contributed by atoms with Gasteiger partial charge < -0.3 is 0 Å². The molecule has 0 aliphatic heterocycles. The van der Waals surface area contributed by atoms with Crippen molar-refractivity contribution in [3.63, 3.8) is 0 Å². The van der Waals surface area contributed by atoms with Crippen LogP contribution in [0.1, 0.15) is 0 Å². The fraction of sp³-hybridized carbons (Fsp3) is 0. The Bertz CT molecular complexity index is 47.6. The molecule has 0 bridgehead atoms. The molecule has 3 heteroatoms. The highest BCUT2D eigenvalue weighted by molar-refractivity contribution is 14.1. The minimum atomic E-state index is -0.439. The summed E-state index contributed by atoms with van der Waals surface area (Å²) in [5.41, 5.74) is 0. The second-order valence-corrected chi connectivity index (χ2v) is 1.48. The maximum absolute atomic E-state index is 11.1. The molecule has 0 aromatic carbocycles. The Kier molecular flexibility index (Phi) is 3.40. The summed E-state index contributed by atoms with van der Waals surface area (Å²) in [5.74, 6) is 0. The average molecular weight is 204 g/mol. The van der Waals surface area contributed by atoms with Crippen molar-refractivity contribution in [2.75, 3.05) is 0 Å². The van der Waals surface area contributed by atoms with Crippen molar-refractivity contribution in [2.24, 2.45) is 0 Å². The van der Waals surface area contributed by atoms with Gasteiger partial charge in [-0.3, -0.25) is 0 Å². The van der Waals surface area contributed by atoms with Crippen LogP contribution in [0.3, 0.4) is 0 Å². The summed E-state index contributed by atoms with van der Waals surface area (Å²) in [5, 5.41) is -0.439. The lowest BCUT2D eigenvalue weighted by atomic mass is 11.2. The molecule has 0 spiro atoms. The van der Waals surface area contributed by atoms with Crippen LogP contribution in [0.4, 0.5) is 4.39 Å². The lowest BCUT2D eigenvalue weighted by Gasteiger charge is -1.65. The molecule has 0 N–H and O–H groups in total. The highest BCUT2D eigenvalue weighted by Gasteiger charge is 1.70. The third kappa shape index (κ3) is 4.75. The Balaban J connectivity index is 3.14. The first-order valence-corrected chi connectivity index (χ1v) is 2.61. The van der Waals surface area contributed by atoms with Crippen LogP contribution in [0.15, 0.2) is 9.24 Å². The maximum Gasteiger partial charge on any atom is 0.159 e. The second kappa shape index (κ2) is 2.96. The van der Waals surface area contributed by atoms with Gasteiger partial charge in [0.1, 0.15) is 0 Å². The third-order valence-electron chi connectivity index (χ3n) is 0.0900. The standard InChI is InChI=1S/C2H2FIS/c3-2(5)1-4/h1,5H. The number of halogens is 2. The molecule has 0 aliphatic rings. The molecular weight excluding hydrogens is 202 g/mol. The average Bonchev–Trinajstić information content (AvgIpc) is 1.38. The van der Waals surface area contributed by atoms with E-state index >= 15 is 0 Å². The summed E-state index contributed by atoms with van der Waals surface area (Å²) in [6.45, 7) is 0. The van der Waals surface area contributed by atoms with Crippen molar-refractivity contribution in [1.82, 2.24) is 0 Å². The zero-order valence-electron chi connectivity index (χ0n) is 2.28. The van der Waals surface area contributed by atoms with E-state index in [0.29, 0.717) is 0 Å². The fourth-order valence-electron chi connectivity index (χ4n) is 0. The van der Waals surface area contributed by atoms with E-state index in [1.54, 1.807) is 22.6 Å². The van der Waals surface area contributed by atoms with Gasteiger partial charge in [-0.15, -0.1) is 12.6 Å². The number of hydrogen-bond acceptors (Lipinski definition) is 1. The Labute approximate surface area is 49.0 Å². The zero-order chi connectivity index (χ0) is 4.28. The van der Waals surface area contributed by atoms with Crippen molar-refractivity contribution in [3.05, 3.63) is 9.24 Å². The highest BCUT2D eigenvalue weighted by atomic mass is 127. The molecule has 0 saturated carbocycles. The van der Waals surface area contributed by atoms with Crippen LogP contribution in [0.2, 0.25) is 0 Å². The molecule has 0 aromatic heterocycles. The molecule has 0 nitrogen and oxygen atoms in total. The van der Waals surface area contributed by atoms with Crippen LogP contribution in [-0.2, 0) is 0 Å². The molecule has 0 saturated heterocycles. The van der Waals surface area contributed by atoms with E-state index in [9.17, 15) is 4.39 Å². The van der Waals surface area contributed by atoms with Gasteiger partial charge in [-0.2, -0.15) is 4.39 Å². The van der Waals surface area contributed by atoms with Crippen LogP contribution in [0.25, 0.3) is 0 Å². The van der Waals surface area contributed by atoms with Crippen molar-refractivity contribution >= 4 is 35.2 Å². The van der Waals surface area contributed by atoms with E-state index in [1.807, 2.05) is 0 Å². The van der Waals surface area contributed by atoms with Crippen molar-refractivity contribution in [1.29, 1.82) is 0 Å². The summed E-state index contributed by atoms with van der Waals surface area (Å²) < 4.78 is 12.4. The molecule has 0 heterocycles. The van der Waals surface area contributed by atoms with Crippen LogP contribution in [0.5, 0.6) is 0 Å². The Hall–Kier alpha value is 0.750. The summed E-state index contributed by atoms with van der Waals surface area (Å²) >= 11 is 5.05. The van der Waals surface area contributed by atoms with Gasteiger partial charge in [-0.05, 0) is 22.6 Å². The van der Waals surface area contributed by atoms with Gasteiger partial charge in [0.25, 0.3) is 0 Å². The predicted octanol–water partition coefficient (Wildman–Crippen LogP) is 2.12. The van der Waals surface area contributed by atoms with E-state index in [2.05, 4.69) is 12.6 Å². The van der Waals surface area contributed by atoms with E-state index in [0.717, 1.165) is 0 Å². The van der Waals surface area contributed by atoms with Crippen LogP contribution in [0, 0.1) is 0 Å². The Morgan fingerprint density at radius 3 is 2.20 bits per heavy atom. The number of rotatable bonds is 0. The summed E-state index contributed by atoms with van der Waals surface area (Å²) in [6.07, 6.45) is 0. The van der Waals surface area contributed by atoms with Crippen molar-refractivity contribution in [2.45, 2.75) is 0 Å². The number of hydrogen-bond donors (Lipinski definition) is 1. The zero-order valence-corrected chi connectivity index (χ0v) is 5.33. The molecule has 0 radical (unpaired) electrons. The third-order valence-corrected chi connectivity index (χ3v) is 1.26. The summed E-state index contributed by atoms with van der Waals surface area (Å²) in [7, 11) is 0. The Morgan fingerprint density at radius 1 is 2.00 bits per heavy atom. The SMILES string of the molecule is FC(S)=CI. The largest absolute Gasteiger partial charge is 0.199 e. The smallest absolute Gasteiger partial charge is 0.159 e. The van der Waals surface area contributed by atoms with Gasteiger partial charge in [0, 0.05) is 4.08 Å². The van der Waals surface area contributed by atoms with E-state index in [4.69, 9.17) is 0 Å². The predicted molar refractivity (Wildman–Crippen MR) is 32.2 cm³/mol. The van der Waals surface area contributed by atoms with E-state index in [1.165, 1.54) is 4.08 Å². The summed E-state index contributed by atoms with van der Waals surface area (Å²) in [6, 6.07) is 0. The van der Waals surface area contributed by atoms with E-state index in [-0.39, 0.29) is 0 Å². The molecule has 0 rings (SSSR count). The molecule has 0 atom stereocenters. The molecule has 30 valence electrons.